The molecule has 0 N–H and O–H groups in total. The lowest BCUT2D eigenvalue weighted by atomic mass is 9.98. The highest BCUT2D eigenvalue weighted by atomic mass is 32.1. The molecule has 26 heavy (non-hydrogen) atoms. The summed E-state index contributed by atoms with van der Waals surface area (Å²) in [6, 6.07) is 11.2. The summed E-state index contributed by atoms with van der Waals surface area (Å²) in [5.41, 5.74) is 1.02. The van der Waals surface area contributed by atoms with Crippen molar-refractivity contribution in [3.63, 3.8) is 0 Å². The third kappa shape index (κ3) is 3.35. The van der Waals surface area contributed by atoms with Gasteiger partial charge in [-0.1, -0.05) is 11.3 Å². The lowest BCUT2D eigenvalue weighted by molar-refractivity contribution is 0.0674. The van der Waals surface area contributed by atoms with Crippen LogP contribution in [0, 0.1) is 0 Å². The van der Waals surface area contributed by atoms with Crippen LogP contribution < -0.4 is 4.74 Å². The Balaban J connectivity index is 1.49. The first-order valence-electron chi connectivity index (χ1n) is 8.55. The molecule has 0 aliphatic carbocycles. The van der Waals surface area contributed by atoms with E-state index in [4.69, 9.17) is 9.15 Å². The average molecular weight is 369 g/mol. The van der Waals surface area contributed by atoms with Crippen LogP contribution in [0.4, 0.5) is 0 Å². The van der Waals surface area contributed by atoms with E-state index in [0.29, 0.717) is 12.3 Å². The lowest BCUT2D eigenvalue weighted by Crippen LogP contribution is -2.38. The highest BCUT2D eigenvalue weighted by Crippen LogP contribution is 2.33. The number of likely N-dealkylation sites (tertiary alicyclic amines) is 1. The van der Waals surface area contributed by atoms with E-state index in [1.165, 1.54) is 6.26 Å². The first kappa shape index (κ1) is 16.8. The van der Waals surface area contributed by atoms with Crippen molar-refractivity contribution in [2.45, 2.75) is 18.8 Å². The fourth-order valence-corrected chi connectivity index (χ4v) is 4.14. The number of hydrogen-bond acceptors (Lipinski definition) is 6. The first-order chi connectivity index (χ1) is 12.7. The molecule has 0 radical (unpaired) electrons. The van der Waals surface area contributed by atoms with E-state index in [9.17, 15) is 4.79 Å². The number of methoxy groups -OCH3 is 1. The second-order valence-corrected chi connectivity index (χ2v) is 7.25. The van der Waals surface area contributed by atoms with Crippen LogP contribution in [0.2, 0.25) is 0 Å². The number of piperidine rings is 1. The minimum atomic E-state index is -0.0559. The van der Waals surface area contributed by atoms with Crippen molar-refractivity contribution in [3.05, 3.63) is 53.4 Å². The molecule has 3 aromatic rings. The van der Waals surface area contributed by atoms with E-state index in [1.54, 1.807) is 30.6 Å². The monoisotopic (exact) mass is 369 g/mol. The van der Waals surface area contributed by atoms with E-state index >= 15 is 0 Å². The van der Waals surface area contributed by atoms with E-state index < -0.39 is 0 Å². The summed E-state index contributed by atoms with van der Waals surface area (Å²) in [6.45, 7) is 1.40. The number of nitrogens with zero attached hydrogens (tertiary/aromatic N) is 3. The largest absolute Gasteiger partial charge is 0.497 e. The molecule has 1 atom stereocenters. The van der Waals surface area contributed by atoms with Crippen LogP contribution >= 0.6 is 11.3 Å². The SMILES string of the molecule is COc1ccc(-c2nnc([C@H]3CCCN(C(=O)c4ccco4)C3)s2)cc1. The normalized spacial score (nSPS) is 17.3. The van der Waals surface area contributed by atoms with Gasteiger partial charge in [-0.25, -0.2) is 0 Å². The van der Waals surface area contributed by atoms with Crippen molar-refractivity contribution in [2.24, 2.45) is 0 Å². The highest BCUT2D eigenvalue weighted by Gasteiger charge is 2.28. The Bertz CT molecular complexity index is 874. The van der Waals surface area contributed by atoms with Gasteiger partial charge in [-0.2, -0.15) is 0 Å². The predicted molar refractivity (Wildman–Crippen MR) is 98.5 cm³/mol. The molecule has 4 rings (SSSR count). The number of amides is 1. The van der Waals surface area contributed by atoms with E-state index in [1.807, 2.05) is 29.2 Å². The number of rotatable bonds is 4. The summed E-state index contributed by atoms with van der Waals surface area (Å²) in [6.07, 6.45) is 3.49. The van der Waals surface area contributed by atoms with Crippen LogP contribution in [0.3, 0.4) is 0 Å². The molecule has 6 nitrogen and oxygen atoms in total. The van der Waals surface area contributed by atoms with Gasteiger partial charge in [0.15, 0.2) is 5.76 Å². The van der Waals surface area contributed by atoms with E-state index in [0.717, 1.165) is 40.7 Å². The molecule has 3 heterocycles. The fourth-order valence-electron chi connectivity index (χ4n) is 3.17. The number of furan rings is 1. The Morgan fingerprint density at radius 2 is 2.12 bits per heavy atom. The number of aromatic nitrogens is 2. The van der Waals surface area contributed by atoms with Gasteiger partial charge in [0.05, 0.1) is 13.4 Å². The van der Waals surface area contributed by atoms with Gasteiger partial charge in [-0.15, -0.1) is 10.2 Å². The number of hydrogen-bond donors (Lipinski definition) is 0. The van der Waals surface area contributed by atoms with E-state index in [2.05, 4.69) is 10.2 Å². The number of ether oxygens (including phenoxy) is 1. The maximum absolute atomic E-state index is 12.5. The molecule has 0 unspecified atom stereocenters. The van der Waals surface area contributed by atoms with Crippen LogP contribution in [0.25, 0.3) is 10.6 Å². The summed E-state index contributed by atoms with van der Waals surface area (Å²) >= 11 is 1.59. The van der Waals surface area contributed by atoms with Crippen LogP contribution in [0.15, 0.2) is 47.1 Å². The second kappa shape index (κ2) is 7.29. The predicted octanol–water partition coefficient (Wildman–Crippen LogP) is 3.83. The van der Waals surface area contributed by atoms with Crippen molar-refractivity contribution in [1.29, 1.82) is 0 Å². The van der Waals surface area contributed by atoms with Gasteiger partial charge in [-0.05, 0) is 49.2 Å². The third-order valence-electron chi connectivity index (χ3n) is 4.57. The molecule has 1 aliphatic heterocycles. The Kier molecular flexibility index (Phi) is 4.71. The van der Waals surface area contributed by atoms with Gasteiger partial charge in [0.2, 0.25) is 0 Å². The summed E-state index contributed by atoms with van der Waals surface area (Å²) in [5.74, 6) is 1.37. The molecule has 2 aromatic heterocycles. The molecule has 7 heteroatoms. The Morgan fingerprint density at radius 3 is 2.85 bits per heavy atom. The zero-order chi connectivity index (χ0) is 17.9. The molecule has 1 aliphatic rings. The molecule has 1 fully saturated rings. The van der Waals surface area contributed by atoms with Gasteiger partial charge < -0.3 is 14.1 Å². The maximum Gasteiger partial charge on any atom is 0.289 e. The summed E-state index contributed by atoms with van der Waals surface area (Å²) in [4.78, 5) is 14.4. The standard InChI is InChI=1S/C19H19N3O3S/c1-24-15-8-6-13(7-9-15)17-20-21-18(26-17)14-4-2-10-22(12-14)19(23)16-5-3-11-25-16/h3,5-9,11,14H,2,4,10,12H2,1H3/t14-/m0/s1. The molecule has 1 saturated heterocycles. The van der Waals surface area contributed by atoms with Crippen molar-refractivity contribution in [1.82, 2.24) is 15.1 Å². The number of benzene rings is 1. The van der Waals surface area contributed by atoms with Crippen LogP contribution in [0.1, 0.15) is 34.3 Å². The smallest absolute Gasteiger partial charge is 0.289 e. The van der Waals surface area contributed by atoms with Gasteiger partial charge in [-0.3, -0.25) is 4.79 Å². The summed E-state index contributed by atoms with van der Waals surface area (Å²) in [5, 5.41) is 10.6. The maximum atomic E-state index is 12.5. The minimum Gasteiger partial charge on any atom is -0.497 e. The Labute approximate surface area is 155 Å². The molecule has 0 spiro atoms. The van der Waals surface area contributed by atoms with Gasteiger partial charge >= 0.3 is 0 Å². The topological polar surface area (TPSA) is 68.5 Å². The molecular formula is C19H19N3O3S. The van der Waals surface area contributed by atoms with Gasteiger partial charge in [0.25, 0.3) is 5.91 Å². The summed E-state index contributed by atoms with van der Waals surface area (Å²) in [7, 11) is 1.65. The Morgan fingerprint density at radius 1 is 1.27 bits per heavy atom. The van der Waals surface area contributed by atoms with Crippen LogP contribution in [0.5, 0.6) is 5.75 Å². The van der Waals surface area contributed by atoms with Gasteiger partial charge in [0, 0.05) is 24.6 Å². The molecular weight excluding hydrogens is 350 g/mol. The van der Waals surface area contributed by atoms with E-state index in [-0.39, 0.29) is 11.8 Å². The first-order valence-corrected chi connectivity index (χ1v) is 9.37. The zero-order valence-electron chi connectivity index (χ0n) is 14.4. The fraction of sp³-hybridized carbons (Fsp3) is 0.316. The van der Waals surface area contributed by atoms with Crippen LogP contribution in [-0.2, 0) is 0 Å². The zero-order valence-corrected chi connectivity index (χ0v) is 15.2. The lowest BCUT2D eigenvalue weighted by Gasteiger charge is -2.30. The molecule has 1 amide bonds. The summed E-state index contributed by atoms with van der Waals surface area (Å²) < 4.78 is 10.4. The number of carbonyl (C=O) groups excluding carboxylic acids is 1. The third-order valence-corrected chi connectivity index (χ3v) is 5.70. The van der Waals surface area contributed by atoms with Crippen molar-refractivity contribution in [2.75, 3.05) is 20.2 Å². The Hall–Kier alpha value is -2.67. The quantitative estimate of drug-likeness (QED) is 0.699. The molecule has 1 aromatic carbocycles. The van der Waals surface area contributed by atoms with Crippen LogP contribution in [-0.4, -0.2) is 41.2 Å². The minimum absolute atomic E-state index is 0.0559. The second-order valence-electron chi connectivity index (χ2n) is 6.24. The molecule has 0 saturated carbocycles. The number of carbonyl (C=O) groups is 1. The molecule has 134 valence electrons. The van der Waals surface area contributed by atoms with Crippen molar-refractivity contribution >= 4 is 17.2 Å². The highest BCUT2D eigenvalue weighted by molar-refractivity contribution is 7.14. The average Bonchev–Trinajstić information content (AvgIpc) is 3.40. The van der Waals surface area contributed by atoms with Crippen molar-refractivity contribution in [3.8, 4) is 16.3 Å². The van der Waals surface area contributed by atoms with Gasteiger partial charge in [0.1, 0.15) is 15.8 Å². The van der Waals surface area contributed by atoms with Crippen molar-refractivity contribution < 1.29 is 13.9 Å². The molecule has 0 bridgehead atoms.